The highest BCUT2D eigenvalue weighted by atomic mass is 16.5. The van der Waals surface area contributed by atoms with E-state index < -0.39 is 0 Å². The molecular weight excluding hydrogens is 554 g/mol. The van der Waals surface area contributed by atoms with Gasteiger partial charge >= 0.3 is 0 Å². The Morgan fingerprint density at radius 1 is 1.14 bits per heavy atom. The number of rotatable bonds is 12. The Hall–Kier alpha value is -4.39. The number of hydrogen-bond donors (Lipinski definition) is 3. The van der Waals surface area contributed by atoms with Crippen molar-refractivity contribution in [2.75, 3.05) is 39.2 Å². The molecule has 1 aliphatic heterocycles. The first-order valence-electron chi connectivity index (χ1n) is 15.4. The number of amides is 1. The number of benzene rings is 2. The lowest BCUT2D eigenvalue weighted by molar-refractivity contribution is 0.0924. The first kappa shape index (κ1) is 29.7. The fraction of sp³-hybridized carbons (Fsp3) is 0.400. The monoisotopic (exact) mass is 593 g/mol. The van der Waals surface area contributed by atoms with Crippen molar-refractivity contribution >= 4 is 22.7 Å². The number of methoxy groups -OCH3 is 1. The number of fused-ring (bicyclic) bond motifs is 2. The van der Waals surface area contributed by atoms with Crippen LogP contribution >= 0.6 is 0 Å². The zero-order chi connectivity index (χ0) is 30.8. The van der Waals surface area contributed by atoms with Crippen LogP contribution in [0.5, 0.6) is 5.75 Å². The highest BCUT2D eigenvalue weighted by molar-refractivity contribution is 5.97. The van der Waals surface area contributed by atoms with Crippen molar-refractivity contribution in [3.63, 3.8) is 0 Å². The van der Waals surface area contributed by atoms with Gasteiger partial charge in [0.05, 0.1) is 37.1 Å². The van der Waals surface area contributed by atoms with E-state index in [0.717, 1.165) is 55.0 Å². The van der Waals surface area contributed by atoms with E-state index in [-0.39, 0.29) is 11.9 Å². The first-order valence-corrected chi connectivity index (χ1v) is 15.4. The Labute approximate surface area is 257 Å². The van der Waals surface area contributed by atoms with Crippen LogP contribution < -0.4 is 20.7 Å². The number of nitriles is 1. The van der Waals surface area contributed by atoms with Crippen LogP contribution in [0.2, 0.25) is 0 Å². The molecule has 6 rings (SSSR count). The molecule has 1 saturated carbocycles. The quantitative estimate of drug-likeness (QED) is 0.187. The maximum absolute atomic E-state index is 13.1. The van der Waals surface area contributed by atoms with Gasteiger partial charge in [0.25, 0.3) is 5.91 Å². The molecule has 0 radical (unpaired) electrons. The fourth-order valence-electron chi connectivity index (χ4n) is 6.44. The topological polar surface area (TPSA) is 121 Å². The Morgan fingerprint density at radius 2 is 1.95 bits per heavy atom. The van der Waals surface area contributed by atoms with E-state index in [2.05, 4.69) is 40.9 Å². The van der Waals surface area contributed by atoms with Crippen LogP contribution in [0.1, 0.15) is 42.6 Å². The molecule has 4 aromatic rings. The van der Waals surface area contributed by atoms with E-state index in [9.17, 15) is 10.1 Å². The Bertz CT molecular complexity index is 1700. The van der Waals surface area contributed by atoms with E-state index in [1.165, 1.54) is 0 Å². The Balaban J connectivity index is 1.24. The lowest BCUT2D eigenvalue weighted by Gasteiger charge is -2.24. The highest BCUT2D eigenvalue weighted by Gasteiger charge is 2.54. The van der Waals surface area contributed by atoms with Gasteiger partial charge in [-0.1, -0.05) is 19.4 Å². The minimum Gasteiger partial charge on any atom is -0.496 e. The highest BCUT2D eigenvalue weighted by Crippen LogP contribution is 2.46. The van der Waals surface area contributed by atoms with Gasteiger partial charge in [-0.25, -0.2) is 0 Å². The molecular formula is C35H39N5O4. The molecule has 3 N–H and O–H groups in total. The van der Waals surface area contributed by atoms with Crippen molar-refractivity contribution < 1.29 is 18.7 Å². The zero-order valence-electron chi connectivity index (χ0n) is 25.6. The van der Waals surface area contributed by atoms with Crippen molar-refractivity contribution in [2.45, 2.75) is 38.8 Å². The second-order valence-electron chi connectivity index (χ2n) is 11.8. The average Bonchev–Trinajstić information content (AvgIpc) is 3.36. The third-order valence-corrected chi connectivity index (χ3v) is 9.22. The molecule has 2 fully saturated rings. The number of anilines is 1. The number of furan rings is 1. The number of carbonyl (C=O) groups is 1. The number of hydrogen-bond acceptors (Lipinski definition) is 8. The summed E-state index contributed by atoms with van der Waals surface area (Å²) < 4.78 is 17.6. The van der Waals surface area contributed by atoms with E-state index in [1.807, 2.05) is 43.4 Å². The summed E-state index contributed by atoms with van der Waals surface area (Å²) in [7, 11) is 3.53. The molecule has 0 bridgehead atoms. The summed E-state index contributed by atoms with van der Waals surface area (Å²) in [5.41, 5.74) is 5.69. The van der Waals surface area contributed by atoms with Crippen molar-refractivity contribution in [2.24, 2.45) is 17.8 Å². The molecule has 9 nitrogen and oxygen atoms in total. The van der Waals surface area contributed by atoms with Crippen LogP contribution in [0.4, 0.5) is 5.69 Å². The van der Waals surface area contributed by atoms with Crippen LogP contribution in [-0.2, 0) is 4.74 Å². The number of carbonyl (C=O) groups excluding carboxylic acids is 1. The summed E-state index contributed by atoms with van der Waals surface area (Å²) in [6, 6.07) is 17.8. The van der Waals surface area contributed by atoms with Gasteiger partial charge in [0.2, 0.25) is 0 Å². The summed E-state index contributed by atoms with van der Waals surface area (Å²) >= 11 is 0. The molecule has 2 aromatic heterocycles. The van der Waals surface area contributed by atoms with Gasteiger partial charge in [-0.2, -0.15) is 5.26 Å². The van der Waals surface area contributed by atoms with Crippen LogP contribution in [-0.4, -0.2) is 56.9 Å². The summed E-state index contributed by atoms with van der Waals surface area (Å²) in [4.78, 5) is 17.7. The second kappa shape index (κ2) is 12.7. The minimum absolute atomic E-state index is 0.0424. The lowest BCUT2D eigenvalue weighted by Crippen LogP contribution is -2.38. The molecule has 2 aromatic carbocycles. The molecule has 1 aliphatic carbocycles. The average molecular weight is 594 g/mol. The predicted molar refractivity (Wildman–Crippen MR) is 171 cm³/mol. The van der Waals surface area contributed by atoms with Gasteiger partial charge in [-0.05, 0) is 74.8 Å². The zero-order valence-corrected chi connectivity index (χ0v) is 25.6. The van der Waals surface area contributed by atoms with Gasteiger partial charge < -0.3 is 29.8 Å². The smallest absolute Gasteiger partial charge is 0.251 e. The van der Waals surface area contributed by atoms with Crippen molar-refractivity contribution in [3.8, 4) is 34.3 Å². The SMILES string of the molecule is CCC(CCNC)C(C)NC(=O)c1ccc(-c2cc3nccc(-c4ccc(NC5C6COCC65)c(C#N)c4)c3o2)c(OC)c1. The molecule has 1 amide bonds. The maximum atomic E-state index is 13.1. The summed E-state index contributed by atoms with van der Waals surface area (Å²) in [5, 5.41) is 19.8. The van der Waals surface area contributed by atoms with Crippen LogP contribution in [0.15, 0.2) is 59.1 Å². The van der Waals surface area contributed by atoms with Crippen molar-refractivity contribution in [3.05, 3.63) is 65.9 Å². The molecule has 228 valence electrons. The minimum atomic E-state index is -0.136. The summed E-state index contributed by atoms with van der Waals surface area (Å²) in [5.74, 6) is 2.43. The summed E-state index contributed by atoms with van der Waals surface area (Å²) in [6.45, 7) is 6.69. The van der Waals surface area contributed by atoms with Crippen molar-refractivity contribution in [1.82, 2.24) is 15.6 Å². The Morgan fingerprint density at radius 3 is 2.68 bits per heavy atom. The van der Waals surface area contributed by atoms with Crippen LogP contribution in [0.25, 0.3) is 33.6 Å². The third kappa shape index (κ3) is 5.75. The number of pyridine rings is 1. The van der Waals surface area contributed by atoms with Gasteiger partial charge in [-0.15, -0.1) is 0 Å². The molecule has 0 spiro atoms. The van der Waals surface area contributed by atoms with Gasteiger partial charge in [0.15, 0.2) is 5.58 Å². The van der Waals surface area contributed by atoms with Crippen LogP contribution in [0, 0.1) is 29.1 Å². The first-order chi connectivity index (χ1) is 21.4. The molecule has 2 aliphatic rings. The van der Waals surface area contributed by atoms with E-state index in [0.29, 0.717) is 57.5 Å². The fourth-order valence-corrected chi connectivity index (χ4v) is 6.44. The molecule has 44 heavy (non-hydrogen) atoms. The van der Waals surface area contributed by atoms with E-state index >= 15 is 0 Å². The molecule has 4 unspecified atom stereocenters. The normalized spacial score (nSPS) is 20.0. The largest absolute Gasteiger partial charge is 0.496 e. The molecule has 9 heteroatoms. The Kier molecular flexibility index (Phi) is 8.56. The molecule has 1 saturated heterocycles. The van der Waals surface area contributed by atoms with Gasteiger partial charge in [-0.3, -0.25) is 9.78 Å². The third-order valence-electron chi connectivity index (χ3n) is 9.22. The molecule has 4 atom stereocenters. The summed E-state index contributed by atoms with van der Waals surface area (Å²) in [6.07, 6.45) is 3.73. The van der Waals surface area contributed by atoms with E-state index in [4.69, 9.17) is 13.9 Å². The number of ether oxygens (including phenoxy) is 2. The van der Waals surface area contributed by atoms with Crippen LogP contribution in [0.3, 0.4) is 0 Å². The van der Waals surface area contributed by atoms with Crippen molar-refractivity contribution in [1.29, 1.82) is 5.26 Å². The standard InChI is InChI=1S/C35H39N5O4/c1-5-21(10-12-37-3)20(2)39-35(41)23-6-8-26(31(15-23)42-4)32-16-30-34(44-32)25(11-13-38-30)22-7-9-29(24(14-22)17-36)40-33-27-18-43-19-28(27)33/h6-9,11,13-16,20-21,27-28,33,37,40H,5,10,12,18-19H2,1-4H3,(H,39,41). The predicted octanol–water partition coefficient (Wildman–Crippen LogP) is 5.85. The molecule has 3 heterocycles. The lowest BCUT2D eigenvalue weighted by atomic mass is 9.94. The van der Waals surface area contributed by atoms with Gasteiger partial charge in [0, 0.05) is 47.3 Å². The maximum Gasteiger partial charge on any atom is 0.251 e. The number of aromatic nitrogens is 1. The van der Waals surface area contributed by atoms with E-state index in [1.54, 1.807) is 25.4 Å². The van der Waals surface area contributed by atoms with Gasteiger partial charge in [0.1, 0.15) is 23.1 Å². The number of nitrogens with zero attached hydrogens (tertiary/aromatic N) is 2. The number of nitrogens with one attached hydrogen (secondary N) is 3. The second-order valence-corrected chi connectivity index (χ2v) is 11.8.